The summed E-state index contributed by atoms with van der Waals surface area (Å²) in [4.78, 5) is 12.4. The Morgan fingerprint density at radius 3 is 2.95 bits per heavy atom. The first-order valence-electron chi connectivity index (χ1n) is 6.54. The first-order valence-corrected chi connectivity index (χ1v) is 6.92. The number of nitrogens with zero attached hydrogens (tertiary/aromatic N) is 2. The lowest BCUT2D eigenvalue weighted by Gasteiger charge is -2.08. The second-order valence-electron chi connectivity index (χ2n) is 4.59. The van der Waals surface area contributed by atoms with Gasteiger partial charge in [0.2, 0.25) is 6.79 Å². The zero-order chi connectivity index (χ0) is 15.0. The van der Waals surface area contributed by atoms with E-state index >= 15 is 0 Å². The van der Waals surface area contributed by atoms with Crippen LogP contribution < -0.4 is 14.8 Å². The van der Waals surface area contributed by atoms with Crippen molar-refractivity contribution in [1.29, 1.82) is 0 Å². The average Bonchev–Trinajstić information content (AvgIpc) is 3.03. The van der Waals surface area contributed by atoms with E-state index in [1.54, 1.807) is 29.8 Å². The Labute approximate surface area is 126 Å². The maximum atomic E-state index is 12.4. The lowest BCUT2D eigenvalue weighted by atomic mass is 10.2. The van der Waals surface area contributed by atoms with E-state index < -0.39 is 0 Å². The van der Waals surface area contributed by atoms with Crippen LogP contribution in [0, 0.1) is 6.92 Å². The van der Waals surface area contributed by atoms with Gasteiger partial charge in [0.05, 0.1) is 10.7 Å². The fourth-order valence-electron chi connectivity index (χ4n) is 2.17. The molecule has 1 N–H and O–H groups in total. The van der Waals surface area contributed by atoms with Crippen molar-refractivity contribution in [2.24, 2.45) is 0 Å². The predicted octanol–water partition coefficient (Wildman–Crippen LogP) is 2.85. The molecule has 0 fully saturated rings. The van der Waals surface area contributed by atoms with Crippen LogP contribution in [0.3, 0.4) is 0 Å². The first-order chi connectivity index (χ1) is 10.1. The molecule has 0 unspecified atom stereocenters. The molecule has 1 amide bonds. The molecule has 0 aliphatic carbocycles. The molecule has 1 aromatic heterocycles. The number of rotatable bonds is 3. The lowest BCUT2D eigenvalue weighted by Crippen LogP contribution is -2.17. The van der Waals surface area contributed by atoms with E-state index in [2.05, 4.69) is 10.4 Å². The summed E-state index contributed by atoms with van der Waals surface area (Å²) in [6, 6.07) is 5.22. The first kappa shape index (κ1) is 13.8. The van der Waals surface area contributed by atoms with Gasteiger partial charge in [-0.15, -0.1) is 0 Å². The highest BCUT2D eigenvalue weighted by Gasteiger charge is 2.21. The molecular formula is C14H14ClN3O3. The summed E-state index contributed by atoms with van der Waals surface area (Å²) in [5.41, 5.74) is 1.60. The van der Waals surface area contributed by atoms with E-state index in [1.165, 1.54) is 0 Å². The van der Waals surface area contributed by atoms with E-state index in [-0.39, 0.29) is 12.7 Å². The summed E-state index contributed by atoms with van der Waals surface area (Å²) in [6.45, 7) is 4.43. The number of anilines is 1. The maximum Gasteiger partial charge on any atom is 0.275 e. The molecule has 3 rings (SSSR count). The smallest absolute Gasteiger partial charge is 0.275 e. The quantitative estimate of drug-likeness (QED) is 0.947. The number of hydrogen-bond acceptors (Lipinski definition) is 4. The van der Waals surface area contributed by atoms with Crippen LogP contribution in [0.4, 0.5) is 5.69 Å². The molecule has 1 aliphatic heterocycles. The van der Waals surface area contributed by atoms with Crippen molar-refractivity contribution in [2.45, 2.75) is 20.4 Å². The highest BCUT2D eigenvalue weighted by Crippen LogP contribution is 2.34. The summed E-state index contributed by atoms with van der Waals surface area (Å²) in [7, 11) is 0. The lowest BCUT2D eigenvalue weighted by molar-refractivity contribution is 0.101. The molecule has 1 aliphatic rings. The van der Waals surface area contributed by atoms with Gasteiger partial charge in [-0.25, -0.2) is 0 Å². The Bertz CT molecular complexity index is 712. The van der Waals surface area contributed by atoms with Crippen LogP contribution in [0.1, 0.15) is 23.1 Å². The molecule has 7 heteroatoms. The minimum atomic E-state index is -0.304. The molecule has 2 heterocycles. The van der Waals surface area contributed by atoms with Crippen LogP contribution in [0.15, 0.2) is 18.2 Å². The van der Waals surface area contributed by atoms with Gasteiger partial charge >= 0.3 is 0 Å². The number of aryl methyl sites for hydroxylation is 2. The van der Waals surface area contributed by atoms with Crippen molar-refractivity contribution >= 4 is 23.2 Å². The number of carbonyl (C=O) groups is 1. The number of carbonyl (C=O) groups excluding carboxylic acids is 1. The molecule has 1 aromatic carbocycles. The maximum absolute atomic E-state index is 12.4. The molecule has 110 valence electrons. The molecule has 0 saturated heterocycles. The Morgan fingerprint density at radius 1 is 1.43 bits per heavy atom. The number of amides is 1. The second kappa shape index (κ2) is 5.29. The standard InChI is InChI=1S/C14H14ClN3O3/c1-3-18-13(12(15)8(2)17-18)14(19)16-9-4-5-10-11(6-9)21-7-20-10/h4-6H,3,7H2,1-2H3,(H,16,19). The molecule has 2 aromatic rings. The Kier molecular flexibility index (Phi) is 3.47. The van der Waals surface area contributed by atoms with Crippen LogP contribution >= 0.6 is 11.6 Å². The number of ether oxygens (including phenoxy) is 2. The van der Waals surface area contributed by atoms with Crippen molar-refractivity contribution in [3.8, 4) is 11.5 Å². The zero-order valence-electron chi connectivity index (χ0n) is 11.6. The second-order valence-corrected chi connectivity index (χ2v) is 4.96. The average molecular weight is 308 g/mol. The van der Waals surface area contributed by atoms with Crippen LogP contribution in [0.5, 0.6) is 11.5 Å². The number of benzene rings is 1. The summed E-state index contributed by atoms with van der Waals surface area (Å²) >= 11 is 6.16. The molecule has 21 heavy (non-hydrogen) atoms. The van der Waals surface area contributed by atoms with Crippen molar-refractivity contribution in [3.05, 3.63) is 34.6 Å². The molecule has 0 spiro atoms. The van der Waals surface area contributed by atoms with Crippen molar-refractivity contribution in [3.63, 3.8) is 0 Å². The minimum Gasteiger partial charge on any atom is -0.454 e. The largest absolute Gasteiger partial charge is 0.454 e. The fourth-order valence-corrected chi connectivity index (χ4v) is 2.39. The van der Waals surface area contributed by atoms with Crippen molar-refractivity contribution < 1.29 is 14.3 Å². The third-order valence-electron chi connectivity index (χ3n) is 3.20. The Morgan fingerprint density at radius 2 is 2.19 bits per heavy atom. The minimum absolute atomic E-state index is 0.195. The van der Waals surface area contributed by atoms with Crippen molar-refractivity contribution in [2.75, 3.05) is 12.1 Å². The van der Waals surface area contributed by atoms with E-state index in [0.29, 0.717) is 40.1 Å². The van der Waals surface area contributed by atoms with Gasteiger partial charge in [-0.1, -0.05) is 11.6 Å². The third-order valence-corrected chi connectivity index (χ3v) is 3.65. The number of halogens is 1. The SMILES string of the molecule is CCn1nc(C)c(Cl)c1C(=O)Nc1ccc2c(c1)OCO2. The van der Waals surface area contributed by atoms with Gasteiger partial charge in [0, 0.05) is 18.3 Å². The topological polar surface area (TPSA) is 65.4 Å². The summed E-state index contributed by atoms with van der Waals surface area (Å²) in [6.07, 6.45) is 0. The van der Waals surface area contributed by atoms with Gasteiger partial charge in [0.15, 0.2) is 11.5 Å². The van der Waals surface area contributed by atoms with Crippen LogP contribution in [0.2, 0.25) is 5.02 Å². The third kappa shape index (κ3) is 2.42. The van der Waals surface area contributed by atoms with Crippen molar-refractivity contribution in [1.82, 2.24) is 9.78 Å². The highest BCUT2D eigenvalue weighted by atomic mass is 35.5. The monoisotopic (exact) mass is 307 g/mol. The Balaban J connectivity index is 1.87. The highest BCUT2D eigenvalue weighted by molar-refractivity contribution is 6.34. The van der Waals surface area contributed by atoms with Crippen LogP contribution in [-0.4, -0.2) is 22.5 Å². The summed E-state index contributed by atoms with van der Waals surface area (Å²) in [5, 5.41) is 7.40. The Hall–Kier alpha value is -2.21. The number of nitrogens with one attached hydrogen (secondary N) is 1. The summed E-state index contributed by atoms with van der Waals surface area (Å²) in [5.74, 6) is 0.973. The van der Waals surface area contributed by atoms with Crippen LogP contribution in [0.25, 0.3) is 0 Å². The van der Waals surface area contributed by atoms with E-state index in [1.807, 2.05) is 6.92 Å². The molecule has 0 saturated carbocycles. The fraction of sp³-hybridized carbons (Fsp3) is 0.286. The van der Waals surface area contributed by atoms with E-state index in [4.69, 9.17) is 21.1 Å². The van der Waals surface area contributed by atoms with Gasteiger partial charge in [-0.3, -0.25) is 9.48 Å². The molecule has 0 atom stereocenters. The zero-order valence-corrected chi connectivity index (χ0v) is 12.4. The van der Waals surface area contributed by atoms with Gasteiger partial charge in [0.25, 0.3) is 5.91 Å². The molecule has 0 bridgehead atoms. The number of fused-ring (bicyclic) bond motifs is 1. The number of aromatic nitrogens is 2. The van der Waals surface area contributed by atoms with Gasteiger partial charge < -0.3 is 14.8 Å². The molecular weight excluding hydrogens is 294 g/mol. The molecule has 0 radical (unpaired) electrons. The normalized spacial score (nSPS) is 12.5. The van der Waals surface area contributed by atoms with Gasteiger partial charge in [-0.2, -0.15) is 5.10 Å². The van der Waals surface area contributed by atoms with E-state index in [9.17, 15) is 4.79 Å². The predicted molar refractivity (Wildman–Crippen MR) is 78.2 cm³/mol. The number of hydrogen-bond donors (Lipinski definition) is 1. The summed E-state index contributed by atoms with van der Waals surface area (Å²) < 4.78 is 12.1. The van der Waals surface area contributed by atoms with Crippen LogP contribution in [-0.2, 0) is 6.54 Å². The molecule has 6 nitrogen and oxygen atoms in total. The van der Waals surface area contributed by atoms with Gasteiger partial charge in [0.1, 0.15) is 5.69 Å². The van der Waals surface area contributed by atoms with Gasteiger partial charge in [-0.05, 0) is 26.0 Å². The van der Waals surface area contributed by atoms with E-state index in [0.717, 1.165) is 0 Å².